The van der Waals surface area contributed by atoms with Crippen molar-refractivity contribution in [2.75, 3.05) is 11.9 Å². The predicted molar refractivity (Wildman–Crippen MR) is 120 cm³/mol. The van der Waals surface area contributed by atoms with Crippen LogP contribution >= 0.6 is 23.2 Å². The number of rotatable bonds is 6. The number of benzene rings is 2. The molecule has 4 aromatic rings. The number of amides is 1. The van der Waals surface area contributed by atoms with Crippen LogP contribution in [0.4, 0.5) is 11.5 Å². The van der Waals surface area contributed by atoms with E-state index < -0.39 is 0 Å². The Morgan fingerprint density at radius 1 is 1.10 bits per heavy atom. The molecular formula is C22H18Cl2N4O2. The lowest BCUT2D eigenvalue weighted by atomic mass is 10.1. The third-order valence-corrected chi connectivity index (χ3v) is 5.04. The summed E-state index contributed by atoms with van der Waals surface area (Å²) in [6.07, 6.45) is 4.10. The van der Waals surface area contributed by atoms with E-state index in [1.54, 1.807) is 48.7 Å². The Kier molecular flexibility index (Phi) is 5.79. The van der Waals surface area contributed by atoms with Crippen LogP contribution in [0.2, 0.25) is 10.0 Å². The van der Waals surface area contributed by atoms with Crippen molar-refractivity contribution in [3.63, 3.8) is 0 Å². The number of aromatic hydroxyl groups is 1. The van der Waals surface area contributed by atoms with E-state index in [1.807, 2.05) is 12.3 Å². The molecule has 0 fully saturated rings. The summed E-state index contributed by atoms with van der Waals surface area (Å²) in [6, 6.07) is 13.6. The molecule has 1 amide bonds. The van der Waals surface area contributed by atoms with Crippen LogP contribution in [0, 0.1) is 0 Å². The number of hydrogen-bond acceptors (Lipinski definition) is 4. The van der Waals surface area contributed by atoms with Gasteiger partial charge in [-0.2, -0.15) is 0 Å². The van der Waals surface area contributed by atoms with Gasteiger partial charge in [-0.15, -0.1) is 0 Å². The van der Waals surface area contributed by atoms with Crippen molar-refractivity contribution in [3.05, 3.63) is 82.1 Å². The smallest absolute Gasteiger partial charge is 0.255 e. The van der Waals surface area contributed by atoms with E-state index in [0.717, 1.165) is 16.5 Å². The Hall–Kier alpha value is -3.22. The Labute approximate surface area is 182 Å². The largest absolute Gasteiger partial charge is 0.508 e. The van der Waals surface area contributed by atoms with Gasteiger partial charge in [-0.05, 0) is 60.5 Å². The second-order valence-electron chi connectivity index (χ2n) is 6.73. The van der Waals surface area contributed by atoms with Crippen molar-refractivity contribution < 1.29 is 9.90 Å². The number of fused-ring (bicyclic) bond motifs is 1. The second-order valence-corrected chi connectivity index (χ2v) is 7.61. The molecule has 2 heterocycles. The average molecular weight is 441 g/mol. The van der Waals surface area contributed by atoms with E-state index >= 15 is 0 Å². The van der Waals surface area contributed by atoms with Crippen LogP contribution < -0.4 is 10.6 Å². The fourth-order valence-electron chi connectivity index (χ4n) is 3.23. The third-order valence-electron chi connectivity index (χ3n) is 4.61. The van der Waals surface area contributed by atoms with Crippen molar-refractivity contribution in [2.24, 2.45) is 0 Å². The van der Waals surface area contributed by atoms with Gasteiger partial charge >= 0.3 is 0 Å². The van der Waals surface area contributed by atoms with Crippen LogP contribution in [0.15, 0.2) is 60.9 Å². The standard InChI is InChI=1S/C22H18Cl2N4O2/c23-14-8-15(24)10-16(9-14)28-21-18(2-1-6-25-21)22(30)26-7-5-13-12-27-20-4-3-17(29)11-19(13)20/h1-4,6,8-12,27,29H,5,7H2,(H,25,28)(H,26,30). The van der Waals surface area contributed by atoms with E-state index in [4.69, 9.17) is 23.2 Å². The first-order chi connectivity index (χ1) is 14.5. The van der Waals surface area contributed by atoms with Gasteiger partial charge in [0.05, 0.1) is 5.56 Å². The number of H-pyrrole nitrogens is 1. The van der Waals surface area contributed by atoms with Crippen LogP contribution in [-0.2, 0) is 6.42 Å². The summed E-state index contributed by atoms with van der Waals surface area (Å²) >= 11 is 12.1. The van der Waals surface area contributed by atoms with E-state index in [0.29, 0.717) is 40.1 Å². The molecule has 0 radical (unpaired) electrons. The zero-order chi connectivity index (χ0) is 21.1. The molecule has 0 spiro atoms. The van der Waals surface area contributed by atoms with Gasteiger partial charge in [0.2, 0.25) is 0 Å². The molecule has 0 saturated carbocycles. The number of halogens is 2. The lowest BCUT2D eigenvalue weighted by Gasteiger charge is -2.12. The average Bonchev–Trinajstić information content (AvgIpc) is 3.09. The van der Waals surface area contributed by atoms with Crippen LogP contribution in [0.1, 0.15) is 15.9 Å². The van der Waals surface area contributed by atoms with Crippen molar-refractivity contribution >= 4 is 51.5 Å². The maximum Gasteiger partial charge on any atom is 0.255 e. The Morgan fingerprint density at radius 3 is 2.70 bits per heavy atom. The molecule has 0 aliphatic carbocycles. The highest BCUT2D eigenvalue weighted by Crippen LogP contribution is 2.26. The van der Waals surface area contributed by atoms with Crippen molar-refractivity contribution in [1.82, 2.24) is 15.3 Å². The van der Waals surface area contributed by atoms with Crippen LogP contribution in [0.5, 0.6) is 5.75 Å². The monoisotopic (exact) mass is 440 g/mol. The molecule has 0 aliphatic rings. The van der Waals surface area contributed by atoms with Crippen molar-refractivity contribution in [1.29, 1.82) is 0 Å². The zero-order valence-corrected chi connectivity index (χ0v) is 17.3. The molecule has 4 N–H and O–H groups in total. The Morgan fingerprint density at radius 2 is 1.90 bits per heavy atom. The summed E-state index contributed by atoms with van der Waals surface area (Å²) < 4.78 is 0. The number of nitrogens with zero attached hydrogens (tertiary/aromatic N) is 1. The Bertz CT molecular complexity index is 1200. The van der Waals surface area contributed by atoms with Gasteiger partial charge in [0.1, 0.15) is 11.6 Å². The molecule has 30 heavy (non-hydrogen) atoms. The van der Waals surface area contributed by atoms with Gasteiger partial charge in [-0.3, -0.25) is 4.79 Å². The van der Waals surface area contributed by atoms with E-state index in [1.165, 1.54) is 0 Å². The van der Waals surface area contributed by atoms with Gasteiger partial charge in [0.15, 0.2) is 0 Å². The van der Waals surface area contributed by atoms with Crippen LogP contribution in [0.25, 0.3) is 10.9 Å². The molecule has 152 valence electrons. The van der Waals surface area contributed by atoms with Crippen molar-refractivity contribution in [2.45, 2.75) is 6.42 Å². The first-order valence-corrected chi connectivity index (χ1v) is 10.0. The number of pyridine rings is 1. The molecule has 0 saturated heterocycles. The highest BCUT2D eigenvalue weighted by molar-refractivity contribution is 6.35. The third kappa shape index (κ3) is 4.50. The maximum absolute atomic E-state index is 12.7. The summed E-state index contributed by atoms with van der Waals surface area (Å²) in [5, 5.41) is 17.6. The SMILES string of the molecule is O=C(NCCc1c[nH]c2ccc(O)cc12)c1cccnc1Nc1cc(Cl)cc(Cl)c1. The molecule has 2 aromatic carbocycles. The molecule has 0 unspecified atom stereocenters. The highest BCUT2D eigenvalue weighted by atomic mass is 35.5. The zero-order valence-electron chi connectivity index (χ0n) is 15.7. The molecule has 2 aromatic heterocycles. The minimum absolute atomic E-state index is 0.208. The van der Waals surface area contributed by atoms with Gasteiger partial charge < -0.3 is 20.7 Å². The van der Waals surface area contributed by atoms with Gasteiger partial charge in [0, 0.05) is 45.6 Å². The number of phenols is 1. The van der Waals surface area contributed by atoms with E-state index in [9.17, 15) is 9.90 Å². The van der Waals surface area contributed by atoms with E-state index in [2.05, 4.69) is 20.6 Å². The van der Waals surface area contributed by atoms with E-state index in [-0.39, 0.29) is 11.7 Å². The molecule has 0 bridgehead atoms. The number of carbonyl (C=O) groups is 1. The normalized spacial score (nSPS) is 10.9. The summed E-state index contributed by atoms with van der Waals surface area (Å²) in [4.78, 5) is 20.2. The number of hydrogen-bond donors (Lipinski definition) is 4. The van der Waals surface area contributed by atoms with Gasteiger partial charge in [0.25, 0.3) is 5.91 Å². The highest BCUT2D eigenvalue weighted by Gasteiger charge is 2.13. The minimum atomic E-state index is -0.249. The predicted octanol–water partition coefficient (Wildman–Crippen LogP) is 5.29. The summed E-state index contributed by atoms with van der Waals surface area (Å²) in [6.45, 7) is 0.429. The summed E-state index contributed by atoms with van der Waals surface area (Å²) in [7, 11) is 0. The fraction of sp³-hybridized carbons (Fsp3) is 0.0909. The summed E-state index contributed by atoms with van der Waals surface area (Å²) in [5.74, 6) is 0.367. The van der Waals surface area contributed by atoms with Gasteiger partial charge in [-0.1, -0.05) is 23.2 Å². The number of carbonyl (C=O) groups excluding carboxylic acids is 1. The number of phenolic OH excluding ortho intramolecular Hbond substituents is 1. The second kappa shape index (κ2) is 8.65. The molecule has 0 aliphatic heterocycles. The topological polar surface area (TPSA) is 90.0 Å². The molecule has 6 nitrogen and oxygen atoms in total. The number of aromatic amines is 1. The maximum atomic E-state index is 12.7. The first kappa shape index (κ1) is 20.1. The quantitative estimate of drug-likeness (QED) is 0.327. The minimum Gasteiger partial charge on any atom is -0.508 e. The summed E-state index contributed by atoms with van der Waals surface area (Å²) in [5.41, 5.74) is 3.00. The lowest BCUT2D eigenvalue weighted by molar-refractivity contribution is 0.0954. The first-order valence-electron chi connectivity index (χ1n) is 9.25. The molecular weight excluding hydrogens is 423 g/mol. The number of nitrogens with one attached hydrogen (secondary N) is 3. The van der Waals surface area contributed by atoms with Crippen molar-refractivity contribution in [3.8, 4) is 5.75 Å². The van der Waals surface area contributed by atoms with Gasteiger partial charge in [-0.25, -0.2) is 4.98 Å². The number of anilines is 2. The molecule has 8 heteroatoms. The molecule has 0 atom stereocenters. The van der Waals surface area contributed by atoms with Crippen LogP contribution in [-0.4, -0.2) is 27.5 Å². The Balaban J connectivity index is 1.45. The fourth-order valence-corrected chi connectivity index (χ4v) is 3.76. The lowest BCUT2D eigenvalue weighted by Crippen LogP contribution is -2.26. The van der Waals surface area contributed by atoms with Crippen LogP contribution in [0.3, 0.4) is 0 Å². The number of aromatic nitrogens is 2. The molecule has 4 rings (SSSR count).